The highest BCUT2D eigenvalue weighted by Crippen LogP contribution is 2.27. The Morgan fingerprint density at radius 1 is 1.38 bits per heavy atom. The molecule has 0 aliphatic carbocycles. The first-order valence-corrected chi connectivity index (χ1v) is 5.00. The summed E-state index contributed by atoms with van der Waals surface area (Å²) in [5.74, 6) is -0.501. The van der Waals surface area contributed by atoms with Gasteiger partial charge >= 0.3 is 0 Å². The van der Waals surface area contributed by atoms with Crippen LogP contribution in [0.1, 0.15) is 12.8 Å². The Labute approximate surface area is 92.5 Å². The molecule has 1 atom stereocenters. The van der Waals surface area contributed by atoms with Crippen LogP contribution in [0.4, 0.5) is 5.69 Å². The van der Waals surface area contributed by atoms with Crippen molar-refractivity contribution in [2.75, 3.05) is 4.90 Å². The minimum Gasteiger partial charge on any atom is -0.508 e. The van der Waals surface area contributed by atoms with Crippen LogP contribution in [-0.2, 0) is 9.59 Å². The van der Waals surface area contributed by atoms with Crippen molar-refractivity contribution in [1.82, 2.24) is 0 Å². The standard InChI is InChI=1S/C11H12N2O3/c12-11(16)9-5-6-10(15)13(9)7-1-3-8(14)4-2-7/h1-4,9,14H,5-6H2,(H2,12,16)/t9-/m0/s1. The zero-order valence-corrected chi connectivity index (χ0v) is 8.59. The van der Waals surface area contributed by atoms with E-state index in [1.54, 1.807) is 12.1 Å². The zero-order valence-electron chi connectivity index (χ0n) is 8.59. The number of anilines is 1. The second-order valence-electron chi connectivity index (χ2n) is 3.74. The number of nitrogens with two attached hydrogens (primary N) is 1. The van der Waals surface area contributed by atoms with Crippen LogP contribution in [0.3, 0.4) is 0 Å². The van der Waals surface area contributed by atoms with E-state index >= 15 is 0 Å². The van der Waals surface area contributed by atoms with Gasteiger partial charge in [-0.05, 0) is 30.7 Å². The van der Waals surface area contributed by atoms with Gasteiger partial charge in [0.15, 0.2) is 0 Å². The lowest BCUT2D eigenvalue weighted by molar-refractivity contribution is -0.121. The number of hydrogen-bond donors (Lipinski definition) is 2. The number of aromatic hydroxyl groups is 1. The summed E-state index contributed by atoms with van der Waals surface area (Å²) in [6.07, 6.45) is 0.781. The smallest absolute Gasteiger partial charge is 0.240 e. The van der Waals surface area contributed by atoms with Crippen molar-refractivity contribution in [3.63, 3.8) is 0 Å². The highest BCUT2D eigenvalue weighted by atomic mass is 16.3. The summed E-state index contributed by atoms with van der Waals surface area (Å²) in [7, 11) is 0. The van der Waals surface area contributed by atoms with E-state index in [-0.39, 0.29) is 11.7 Å². The molecule has 1 aliphatic rings. The molecule has 5 nitrogen and oxygen atoms in total. The fraction of sp³-hybridized carbons (Fsp3) is 0.273. The molecular formula is C11H12N2O3. The first-order valence-electron chi connectivity index (χ1n) is 5.00. The summed E-state index contributed by atoms with van der Waals surface area (Å²) in [5, 5.41) is 9.15. The van der Waals surface area contributed by atoms with Crippen molar-refractivity contribution in [2.45, 2.75) is 18.9 Å². The molecule has 1 heterocycles. The zero-order chi connectivity index (χ0) is 11.7. The molecule has 0 unspecified atom stereocenters. The van der Waals surface area contributed by atoms with Crippen molar-refractivity contribution in [2.24, 2.45) is 5.73 Å². The molecule has 84 valence electrons. The van der Waals surface area contributed by atoms with Crippen LogP contribution in [0.25, 0.3) is 0 Å². The van der Waals surface area contributed by atoms with Gasteiger partial charge in [-0.2, -0.15) is 0 Å². The van der Waals surface area contributed by atoms with Crippen molar-refractivity contribution < 1.29 is 14.7 Å². The third kappa shape index (κ3) is 1.71. The van der Waals surface area contributed by atoms with Gasteiger partial charge in [-0.15, -0.1) is 0 Å². The van der Waals surface area contributed by atoms with Gasteiger partial charge in [0.2, 0.25) is 11.8 Å². The van der Waals surface area contributed by atoms with Gasteiger partial charge in [0.25, 0.3) is 0 Å². The normalized spacial score (nSPS) is 20.1. The number of carbonyl (C=O) groups excluding carboxylic acids is 2. The summed E-state index contributed by atoms with van der Waals surface area (Å²) in [6, 6.07) is 5.55. The molecule has 5 heteroatoms. The van der Waals surface area contributed by atoms with E-state index in [0.717, 1.165) is 0 Å². The molecule has 2 amide bonds. The number of rotatable bonds is 2. The minimum atomic E-state index is -0.572. The summed E-state index contributed by atoms with van der Waals surface area (Å²) >= 11 is 0. The highest BCUT2D eigenvalue weighted by molar-refractivity contribution is 6.03. The van der Waals surface area contributed by atoms with Crippen molar-refractivity contribution in [3.05, 3.63) is 24.3 Å². The molecule has 0 aromatic heterocycles. The van der Waals surface area contributed by atoms with E-state index in [4.69, 9.17) is 10.8 Å². The maximum Gasteiger partial charge on any atom is 0.240 e. The largest absolute Gasteiger partial charge is 0.508 e. The van der Waals surface area contributed by atoms with Crippen LogP contribution in [-0.4, -0.2) is 23.0 Å². The molecule has 1 aliphatic heterocycles. The van der Waals surface area contributed by atoms with Crippen LogP contribution >= 0.6 is 0 Å². The van der Waals surface area contributed by atoms with Crippen molar-refractivity contribution >= 4 is 17.5 Å². The summed E-state index contributed by atoms with van der Waals surface area (Å²) in [5.41, 5.74) is 5.82. The Morgan fingerprint density at radius 3 is 2.56 bits per heavy atom. The third-order valence-electron chi connectivity index (χ3n) is 2.67. The van der Waals surface area contributed by atoms with Crippen LogP contribution in [0.2, 0.25) is 0 Å². The quantitative estimate of drug-likeness (QED) is 0.755. The van der Waals surface area contributed by atoms with Gasteiger partial charge in [-0.3, -0.25) is 14.5 Å². The van der Waals surface area contributed by atoms with Gasteiger partial charge in [0.1, 0.15) is 11.8 Å². The Hall–Kier alpha value is -2.04. The Morgan fingerprint density at radius 2 is 2.00 bits per heavy atom. The number of amides is 2. The molecule has 0 bridgehead atoms. The minimum absolute atomic E-state index is 0.116. The van der Waals surface area contributed by atoms with Crippen LogP contribution < -0.4 is 10.6 Å². The summed E-state index contributed by atoms with van der Waals surface area (Å²) in [6.45, 7) is 0. The average Bonchev–Trinajstić information content (AvgIpc) is 2.62. The van der Waals surface area contributed by atoms with Crippen LogP contribution in [0.15, 0.2) is 24.3 Å². The molecule has 3 N–H and O–H groups in total. The lowest BCUT2D eigenvalue weighted by Crippen LogP contribution is -2.42. The lowest BCUT2D eigenvalue weighted by atomic mass is 10.2. The predicted octanol–water partition coefficient (Wildman–Crippen LogP) is 0.373. The third-order valence-corrected chi connectivity index (χ3v) is 2.67. The van der Waals surface area contributed by atoms with Crippen molar-refractivity contribution in [3.8, 4) is 5.75 Å². The maximum atomic E-state index is 11.6. The van der Waals surface area contributed by atoms with Crippen LogP contribution in [0, 0.1) is 0 Å². The summed E-state index contributed by atoms with van der Waals surface area (Å²) in [4.78, 5) is 24.2. The second-order valence-corrected chi connectivity index (χ2v) is 3.74. The fourth-order valence-electron chi connectivity index (χ4n) is 1.89. The molecule has 1 aromatic rings. The number of primary amides is 1. The number of hydrogen-bond acceptors (Lipinski definition) is 3. The van der Waals surface area contributed by atoms with Crippen LogP contribution in [0.5, 0.6) is 5.75 Å². The summed E-state index contributed by atoms with van der Waals surface area (Å²) < 4.78 is 0. The van der Waals surface area contributed by atoms with E-state index in [9.17, 15) is 9.59 Å². The van der Waals surface area contributed by atoms with E-state index in [1.165, 1.54) is 17.0 Å². The average molecular weight is 220 g/mol. The van der Waals surface area contributed by atoms with E-state index < -0.39 is 11.9 Å². The highest BCUT2D eigenvalue weighted by Gasteiger charge is 2.35. The van der Waals surface area contributed by atoms with Gasteiger partial charge in [-0.1, -0.05) is 0 Å². The maximum absolute atomic E-state index is 11.6. The lowest BCUT2D eigenvalue weighted by Gasteiger charge is -2.22. The molecule has 1 aromatic carbocycles. The van der Waals surface area contributed by atoms with Crippen molar-refractivity contribution in [1.29, 1.82) is 0 Å². The van der Waals surface area contributed by atoms with Gasteiger partial charge in [0, 0.05) is 12.1 Å². The Bertz CT molecular complexity index is 427. The van der Waals surface area contributed by atoms with E-state index in [1.807, 2.05) is 0 Å². The SMILES string of the molecule is NC(=O)[C@@H]1CCC(=O)N1c1ccc(O)cc1. The number of phenols is 1. The van der Waals surface area contributed by atoms with E-state index in [2.05, 4.69) is 0 Å². The predicted molar refractivity (Wildman–Crippen MR) is 57.8 cm³/mol. The number of nitrogens with zero attached hydrogens (tertiary/aromatic N) is 1. The molecule has 0 saturated carbocycles. The van der Waals surface area contributed by atoms with Gasteiger partial charge < -0.3 is 10.8 Å². The molecule has 0 spiro atoms. The topological polar surface area (TPSA) is 83.6 Å². The molecule has 16 heavy (non-hydrogen) atoms. The molecule has 0 radical (unpaired) electrons. The number of carbonyl (C=O) groups is 2. The second kappa shape index (κ2) is 3.84. The van der Waals surface area contributed by atoms with Gasteiger partial charge in [-0.25, -0.2) is 0 Å². The van der Waals surface area contributed by atoms with E-state index in [0.29, 0.717) is 18.5 Å². The molecule has 1 saturated heterocycles. The Kier molecular flexibility index (Phi) is 2.52. The number of benzene rings is 1. The first-order chi connectivity index (χ1) is 7.59. The molecule has 1 fully saturated rings. The number of phenolic OH excluding ortho intramolecular Hbond substituents is 1. The molecular weight excluding hydrogens is 208 g/mol. The first kappa shape index (κ1) is 10.5. The monoisotopic (exact) mass is 220 g/mol. The fourth-order valence-corrected chi connectivity index (χ4v) is 1.89. The van der Waals surface area contributed by atoms with Gasteiger partial charge in [0.05, 0.1) is 0 Å². The Balaban J connectivity index is 2.33. The molecule has 2 rings (SSSR count).